The average Bonchev–Trinajstić information content (AvgIpc) is 1.98. The molecule has 0 aromatic heterocycles. The zero-order chi connectivity index (χ0) is 9.72. The highest BCUT2D eigenvalue weighted by Crippen LogP contribution is 2.00. The van der Waals surface area contributed by atoms with Crippen LogP contribution in [0.5, 0.6) is 0 Å². The van der Waals surface area contributed by atoms with Gasteiger partial charge in [-0.05, 0) is 0 Å². The number of carbonyl (C=O) groups excluding carboxylic acids is 1. The van der Waals surface area contributed by atoms with Gasteiger partial charge in [0.25, 0.3) is 0 Å². The van der Waals surface area contributed by atoms with E-state index >= 15 is 0 Å². The van der Waals surface area contributed by atoms with Crippen molar-refractivity contribution in [1.29, 1.82) is 0 Å². The van der Waals surface area contributed by atoms with Crippen molar-refractivity contribution >= 4 is 11.9 Å². The van der Waals surface area contributed by atoms with Crippen molar-refractivity contribution in [3.63, 3.8) is 0 Å². The van der Waals surface area contributed by atoms with Gasteiger partial charge in [-0.25, -0.2) is 4.79 Å². The van der Waals surface area contributed by atoms with Crippen LogP contribution >= 0.6 is 0 Å². The molecule has 1 amide bonds. The molecule has 0 rings (SSSR count). The molecular weight excluding hydrogens is 162 g/mol. The van der Waals surface area contributed by atoms with E-state index in [1.807, 2.05) is 0 Å². The molecule has 0 aromatic rings. The van der Waals surface area contributed by atoms with Gasteiger partial charge in [0.1, 0.15) is 0 Å². The van der Waals surface area contributed by atoms with Gasteiger partial charge in [0.05, 0.1) is 6.61 Å². The number of aliphatic hydroxyl groups is 1. The molecule has 68 valence electrons. The van der Waals surface area contributed by atoms with E-state index in [2.05, 4.69) is 6.58 Å². The summed E-state index contributed by atoms with van der Waals surface area (Å²) in [7, 11) is 0. The number of aliphatic hydroxyl groups excluding tert-OH is 1. The lowest BCUT2D eigenvalue weighted by Gasteiger charge is -2.21. The molecule has 0 spiro atoms. The number of rotatable bonds is 4. The maximum atomic E-state index is 10.8. The number of nitrogens with zero attached hydrogens (tertiary/aromatic N) is 1. The van der Waals surface area contributed by atoms with Gasteiger partial charge in [-0.2, -0.15) is 0 Å². The van der Waals surface area contributed by atoms with Crippen LogP contribution in [0.3, 0.4) is 0 Å². The molecular formula is C7H11NO4. The molecule has 0 aliphatic heterocycles. The lowest BCUT2D eigenvalue weighted by molar-refractivity contribution is -0.148. The van der Waals surface area contributed by atoms with Gasteiger partial charge in [-0.15, -0.1) is 0 Å². The van der Waals surface area contributed by atoms with Crippen molar-refractivity contribution in [3.05, 3.63) is 12.8 Å². The van der Waals surface area contributed by atoms with Crippen LogP contribution < -0.4 is 0 Å². The van der Waals surface area contributed by atoms with E-state index in [9.17, 15) is 9.59 Å². The summed E-state index contributed by atoms with van der Waals surface area (Å²) in [4.78, 5) is 22.1. The van der Waals surface area contributed by atoms with Gasteiger partial charge < -0.3 is 15.1 Å². The number of hydrogen-bond acceptors (Lipinski definition) is 3. The van der Waals surface area contributed by atoms with Crippen molar-refractivity contribution in [2.24, 2.45) is 0 Å². The summed E-state index contributed by atoms with van der Waals surface area (Å²) in [6.07, 6.45) is 1.08. The van der Waals surface area contributed by atoms with Gasteiger partial charge in [-0.1, -0.05) is 6.58 Å². The minimum Gasteiger partial charge on any atom is -0.480 e. The third-order valence-corrected chi connectivity index (χ3v) is 1.35. The SMILES string of the molecule is C=CN(C(C)=O)C(CO)C(=O)O. The van der Waals surface area contributed by atoms with Crippen LogP contribution in [0.15, 0.2) is 12.8 Å². The monoisotopic (exact) mass is 173 g/mol. The molecule has 5 nitrogen and oxygen atoms in total. The predicted molar refractivity (Wildman–Crippen MR) is 41.2 cm³/mol. The molecule has 0 heterocycles. The molecule has 0 fully saturated rings. The van der Waals surface area contributed by atoms with Crippen molar-refractivity contribution in [3.8, 4) is 0 Å². The van der Waals surface area contributed by atoms with E-state index in [0.717, 1.165) is 11.1 Å². The first-order valence-corrected chi connectivity index (χ1v) is 3.29. The smallest absolute Gasteiger partial charge is 0.329 e. The molecule has 0 bridgehead atoms. The van der Waals surface area contributed by atoms with Crippen LogP contribution in [-0.2, 0) is 9.59 Å². The molecule has 0 aliphatic carbocycles. The van der Waals surface area contributed by atoms with Crippen LogP contribution in [0.1, 0.15) is 6.92 Å². The Labute approximate surface area is 69.9 Å². The fourth-order valence-corrected chi connectivity index (χ4v) is 0.760. The summed E-state index contributed by atoms with van der Waals surface area (Å²) in [6, 6.07) is -1.24. The second-order valence-electron chi connectivity index (χ2n) is 2.15. The van der Waals surface area contributed by atoms with Crippen molar-refractivity contribution in [2.75, 3.05) is 6.61 Å². The Hall–Kier alpha value is -1.36. The molecule has 0 aliphatic rings. The van der Waals surface area contributed by atoms with Crippen molar-refractivity contribution < 1.29 is 19.8 Å². The fourth-order valence-electron chi connectivity index (χ4n) is 0.760. The minimum absolute atomic E-state index is 0.466. The van der Waals surface area contributed by atoms with Crippen molar-refractivity contribution in [2.45, 2.75) is 13.0 Å². The van der Waals surface area contributed by atoms with Gasteiger partial charge in [0.15, 0.2) is 6.04 Å². The number of carboxylic acid groups (broad SMARTS) is 1. The quantitative estimate of drug-likeness (QED) is 0.596. The number of carboxylic acids is 1. The van der Waals surface area contributed by atoms with Gasteiger partial charge >= 0.3 is 5.97 Å². The standard InChI is InChI=1S/C7H11NO4/c1-3-8(5(2)10)6(4-9)7(11)12/h3,6,9H,1,4H2,2H3,(H,11,12). The van der Waals surface area contributed by atoms with Gasteiger partial charge in [0, 0.05) is 13.1 Å². The van der Waals surface area contributed by atoms with E-state index in [-0.39, 0.29) is 0 Å². The molecule has 0 saturated carbocycles. The Bertz CT molecular complexity index is 202. The van der Waals surface area contributed by atoms with Gasteiger partial charge in [0.2, 0.25) is 5.91 Å². The van der Waals surface area contributed by atoms with Crippen LogP contribution in [0.2, 0.25) is 0 Å². The molecule has 1 atom stereocenters. The number of hydrogen-bond donors (Lipinski definition) is 2. The van der Waals surface area contributed by atoms with E-state index < -0.39 is 24.5 Å². The fraction of sp³-hybridized carbons (Fsp3) is 0.429. The number of amides is 1. The molecule has 5 heteroatoms. The molecule has 12 heavy (non-hydrogen) atoms. The molecule has 0 aromatic carbocycles. The lowest BCUT2D eigenvalue weighted by atomic mass is 10.3. The predicted octanol–water partition coefficient (Wildman–Crippen LogP) is -0.576. The highest BCUT2D eigenvalue weighted by Gasteiger charge is 2.24. The van der Waals surface area contributed by atoms with E-state index in [1.165, 1.54) is 6.92 Å². The maximum Gasteiger partial charge on any atom is 0.329 e. The number of carbonyl (C=O) groups is 2. The first-order valence-electron chi connectivity index (χ1n) is 3.29. The second kappa shape index (κ2) is 4.50. The molecule has 1 unspecified atom stereocenters. The summed E-state index contributed by atoms with van der Waals surface area (Å²) in [5, 5.41) is 17.1. The van der Waals surface area contributed by atoms with E-state index in [1.54, 1.807) is 0 Å². The minimum atomic E-state index is -1.26. The zero-order valence-corrected chi connectivity index (χ0v) is 6.73. The highest BCUT2D eigenvalue weighted by atomic mass is 16.4. The maximum absolute atomic E-state index is 10.8. The molecule has 0 radical (unpaired) electrons. The van der Waals surface area contributed by atoms with E-state index in [0.29, 0.717) is 0 Å². The first-order chi connectivity index (χ1) is 5.54. The zero-order valence-electron chi connectivity index (χ0n) is 6.73. The molecule has 0 saturated heterocycles. The summed E-state index contributed by atoms with van der Waals surface area (Å²) in [6.45, 7) is 3.84. The summed E-state index contributed by atoms with van der Waals surface area (Å²) in [5.74, 6) is -1.72. The summed E-state index contributed by atoms with van der Waals surface area (Å²) in [5.41, 5.74) is 0. The Balaban J connectivity index is 4.55. The Kier molecular flexibility index (Phi) is 3.99. The Morgan fingerprint density at radius 2 is 2.17 bits per heavy atom. The second-order valence-corrected chi connectivity index (χ2v) is 2.15. The Morgan fingerprint density at radius 3 is 2.25 bits per heavy atom. The summed E-state index contributed by atoms with van der Waals surface area (Å²) < 4.78 is 0. The summed E-state index contributed by atoms with van der Waals surface area (Å²) >= 11 is 0. The van der Waals surface area contributed by atoms with Crippen LogP contribution in [0.4, 0.5) is 0 Å². The van der Waals surface area contributed by atoms with Crippen LogP contribution in [0.25, 0.3) is 0 Å². The third kappa shape index (κ3) is 2.35. The van der Waals surface area contributed by atoms with Crippen LogP contribution in [-0.4, -0.2) is 39.6 Å². The largest absolute Gasteiger partial charge is 0.480 e. The number of aliphatic carboxylic acids is 1. The normalized spacial score (nSPS) is 11.8. The first kappa shape index (κ1) is 10.6. The van der Waals surface area contributed by atoms with Crippen molar-refractivity contribution in [1.82, 2.24) is 4.90 Å². The highest BCUT2D eigenvalue weighted by molar-refractivity contribution is 5.83. The van der Waals surface area contributed by atoms with Gasteiger partial charge in [-0.3, -0.25) is 4.79 Å². The topological polar surface area (TPSA) is 77.8 Å². The van der Waals surface area contributed by atoms with Crippen LogP contribution in [0, 0.1) is 0 Å². The Morgan fingerprint density at radius 1 is 1.67 bits per heavy atom. The average molecular weight is 173 g/mol. The third-order valence-electron chi connectivity index (χ3n) is 1.35. The lowest BCUT2D eigenvalue weighted by Crippen LogP contribution is -2.42. The van der Waals surface area contributed by atoms with E-state index in [4.69, 9.17) is 10.2 Å². The molecule has 2 N–H and O–H groups in total.